The molecule has 3 aromatic rings. The average Bonchev–Trinajstić information content (AvgIpc) is 3.17. The predicted octanol–water partition coefficient (Wildman–Crippen LogP) is 6.53. The SMILES string of the molecule is Cc1cc(C)cc([Si](c2cc(C)cc(C)c2)(c2cc(C)cc(C)c2)C2C=CC(C(C)C)=C2)c1. The average molecular weight is 451 g/mol. The van der Waals surface area contributed by atoms with Crippen molar-refractivity contribution in [1.82, 2.24) is 0 Å². The van der Waals surface area contributed by atoms with Gasteiger partial charge in [0, 0.05) is 5.54 Å². The second kappa shape index (κ2) is 8.95. The van der Waals surface area contributed by atoms with Gasteiger partial charge in [-0.05, 0) is 68.6 Å². The number of hydrogen-bond acceptors (Lipinski definition) is 0. The number of allylic oxidation sites excluding steroid dienone is 4. The van der Waals surface area contributed by atoms with E-state index in [4.69, 9.17) is 0 Å². The molecule has 170 valence electrons. The lowest BCUT2D eigenvalue weighted by atomic mass is 10.1. The van der Waals surface area contributed by atoms with Crippen LogP contribution >= 0.6 is 0 Å². The Bertz CT molecular complexity index is 1070. The first-order valence-electron chi connectivity index (χ1n) is 12.3. The van der Waals surface area contributed by atoms with Crippen LogP contribution in [0.3, 0.4) is 0 Å². The Morgan fingerprint density at radius 2 is 0.879 bits per heavy atom. The first-order valence-corrected chi connectivity index (χ1v) is 14.3. The van der Waals surface area contributed by atoms with Crippen LogP contribution in [-0.4, -0.2) is 8.07 Å². The van der Waals surface area contributed by atoms with Crippen LogP contribution in [0, 0.1) is 47.5 Å². The van der Waals surface area contributed by atoms with Crippen LogP contribution in [0.4, 0.5) is 0 Å². The van der Waals surface area contributed by atoms with E-state index < -0.39 is 8.07 Å². The second-order valence-corrected chi connectivity index (χ2v) is 14.7. The highest BCUT2D eigenvalue weighted by Gasteiger charge is 2.46. The van der Waals surface area contributed by atoms with Crippen LogP contribution < -0.4 is 15.6 Å². The van der Waals surface area contributed by atoms with E-state index in [9.17, 15) is 0 Å². The Hall–Kier alpha value is -2.64. The summed E-state index contributed by atoms with van der Waals surface area (Å²) < 4.78 is 0. The second-order valence-electron chi connectivity index (χ2n) is 10.6. The molecule has 1 aliphatic carbocycles. The molecule has 3 aromatic carbocycles. The Kier molecular flexibility index (Phi) is 6.38. The van der Waals surface area contributed by atoms with Gasteiger partial charge in [0.2, 0.25) is 0 Å². The van der Waals surface area contributed by atoms with Crippen LogP contribution in [0.25, 0.3) is 0 Å². The number of benzene rings is 3. The zero-order valence-corrected chi connectivity index (χ0v) is 22.6. The van der Waals surface area contributed by atoms with Crippen molar-refractivity contribution in [1.29, 1.82) is 0 Å². The van der Waals surface area contributed by atoms with Gasteiger partial charge in [-0.1, -0.05) is 120 Å². The van der Waals surface area contributed by atoms with E-state index in [1.807, 2.05) is 0 Å². The van der Waals surface area contributed by atoms with Crippen molar-refractivity contribution in [2.75, 3.05) is 0 Å². The van der Waals surface area contributed by atoms with Gasteiger partial charge in [-0.15, -0.1) is 0 Å². The van der Waals surface area contributed by atoms with Gasteiger partial charge < -0.3 is 0 Å². The largest absolute Gasteiger partial charge is 0.158 e. The van der Waals surface area contributed by atoms with Crippen LogP contribution in [0.5, 0.6) is 0 Å². The third kappa shape index (κ3) is 4.44. The van der Waals surface area contributed by atoms with E-state index in [0.29, 0.717) is 11.5 Å². The quantitative estimate of drug-likeness (QED) is 0.306. The monoisotopic (exact) mass is 450 g/mol. The van der Waals surface area contributed by atoms with E-state index >= 15 is 0 Å². The molecule has 0 radical (unpaired) electrons. The van der Waals surface area contributed by atoms with Gasteiger partial charge in [-0.2, -0.15) is 0 Å². The number of hydrogen-bond donors (Lipinski definition) is 0. The molecule has 0 nitrogen and oxygen atoms in total. The van der Waals surface area contributed by atoms with Crippen molar-refractivity contribution >= 4 is 23.6 Å². The molecule has 0 amide bonds. The van der Waals surface area contributed by atoms with Crippen molar-refractivity contribution in [2.45, 2.75) is 60.9 Å². The fraction of sp³-hybridized carbons (Fsp3) is 0.312. The van der Waals surface area contributed by atoms with E-state index in [-0.39, 0.29) is 0 Å². The van der Waals surface area contributed by atoms with E-state index in [1.54, 1.807) is 0 Å². The molecule has 0 N–H and O–H groups in total. The fourth-order valence-corrected chi connectivity index (χ4v) is 11.6. The topological polar surface area (TPSA) is 0 Å². The first kappa shape index (κ1) is 23.5. The van der Waals surface area contributed by atoms with Crippen molar-refractivity contribution in [2.24, 2.45) is 5.92 Å². The molecule has 0 aromatic heterocycles. The summed E-state index contributed by atoms with van der Waals surface area (Å²) in [6, 6.07) is 21.8. The predicted molar refractivity (Wildman–Crippen MR) is 148 cm³/mol. The van der Waals surface area contributed by atoms with Crippen molar-refractivity contribution < 1.29 is 0 Å². The molecule has 0 saturated heterocycles. The number of rotatable bonds is 5. The van der Waals surface area contributed by atoms with Gasteiger partial charge in [-0.25, -0.2) is 0 Å². The fourth-order valence-electron chi connectivity index (χ4n) is 5.87. The lowest BCUT2D eigenvalue weighted by molar-refractivity contribution is 0.793. The molecular weight excluding hydrogens is 412 g/mol. The van der Waals surface area contributed by atoms with Crippen molar-refractivity contribution in [3.63, 3.8) is 0 Å². The summed E-state index contributed by atoms with van der Waals surface area (Å²) in [6.45, 7) is 18.1. The maximum absolute atomic E-state index is 2.59. The normalized spacial score (nSPS) is 15.9. The molecule has 33 heavy (non-hydrogen) atoms. The molecule has 0 bridgehead atoms. The van der Waals surface area contributed by atoms with Gasteiger partial charge in [0.15, 0.2) is 8.07 Å². The third-order valence-corrected chi connectivity index (χ3v) is 12.0. The minimum absolute atomic E-state index is 0.387. The summed E-state index contributed by atoms with van der Waals surface area (Å²) in [4.78, 5) is 0. The summed E-state index contributed by atoms with van der Waals surface area (Å²) in [6.07, 6.45) is 7.49. The molecule has 4 rings (SSSR count). The van der Waals surface area contributed by atoms with E-state index in [2.05, 4.69) is 128 Å². The molecule has 1 aliphatic rings. The Morgan fingerprint density at radius 3 is 1.15 bits per heavy atom. The van der Waals surface area contributed by atoms with Crippen LogP contribution in [0.1, 0.15) is 47.2 Å². The molecule has 1 heteroatoms. The lowest BCUT2D eigenvalue weighted by Gasteiger charge is -2.39. The van der Waals surface area contributed by atoms with Crippen LogP contribution in [0.2, 0.25) is 5.54 Å². The summed E-state index contributed by atoms with van der Waals surface area (Å²) >= 11 is 0. The molecule has 0 saturated carbocycles. The number of aryl methyl sites for hydroxylation is 6. The van der Waals surface area contributed by atoms with Crippen LogP contribution in [0.15, 0.2) is 78.4 Å². The summed E-state index contributed by atoms with van der Waals surface area (Å²) in [5.74, 6) is 0.538. The van der Waals surface area contributed by atoms with Gasteiger partial charge in [0.25, 0.3) is 0 Å². The van der Waals surface area contributed by atoms with Crippen molar-refractivity contribution in [3.05, 3.63) is 112 Å². The highest BCUT2D eigenvalue weighted by molar-refractivity contribution is 7.13. The molecular formula is C32H38Si. The zero-order chi connectivity index (χ0) is 23.9. The summed E-state index contributed by atoms with van der Waals surface area (Å²) in [7, 11) is -2.43. The molecule has 1 unspecified atom stereocenters. The van der Waals surface area contributed by atoms with E-state index in [0.717, 1.165) is 0 Å². The molecule has 0 aliphatic heterocycles. The summed E-state index contributed by atoms with van der Waals surface area (Å²) in [5.41, 5.74) is 9.97. The maximum Gasteiger partial charge on any atom is 0.158 e. The zero-order valence-electron chi connectivity index (χ0n) is 21.6. The minimum Gasteiger partial charge on any atom is -0.0790 e. The standard InChI is InChI=1S/C32H38Si/c1-21(2)28-9-10-29(20-28)33(30-14-22(3)11-23(4)15-30,31-16-24(5)12-25(6)17-31)32-18-26(7)13-27(8)19-32/h9-21,29H,1-8H3. The third-order valence-electron chi connectivity index (χ3n) is 7.07. The molecule has 0 heterocycles. The smallest absolute Gasteiger partial charge is 0.0790 e. The van der Waals surface area contributed by atoms with Gasteiger partial charge in [0.05, 0.1) is 0 Å². The summed E-state index contributed by atoms with van der Waals surface area (Å²) in [5, 5.41) is 4.56. The van der Waals surface area contributed by atoms with Gasteiger partial charge in [-0.3, -0.25) is 0 Å². The van der Waals surface area contributed by atoms with Crippen LogP contribution in [-0.2, 0) is 0 Å². The minimum atomic E-state index is -2.43. The Labute approximate surface area is 202 Å². The lowest BCUT2D eigenvalue weighted by Crippen LogP contribution is -2.69. The van der Waals surface area contributed by atoms with Gasteiger partial charge in [0.1, 0.15) is 0 Å². The molecule has 0 fully saturated rings. The van der Waals surface area contributed by atoms with E-state index in [1.165, 1.54) is 54.5 Å². The highest BCUT2D eigenvalue weighted by Crippen LogP contribution is 2.35. The first-order chi connectivity index (χ1) is 15.6. The Balaban J connectivity index is 2.18. The highest BCUT2D eigenvalue weighted by atomic mass is 28.3. The molecule has 0 spiro atoms. The van der Waals surface area contributed by atoms with Gasteiger partial charge >= 0.3 is 0 Å². The Morgan fingerprint density at radius 1 is 0.545 bits per heavy atom. The maximum atomic E-state index is 2.59. The van der Waals surface area contributed by atoms with Crippen molar-refractivity contribution in [3.8, 4) is 0 Å². The molecule has 1 atom stereocenters.